The van der Waals surface area contributed by atoms with Crippen LogP contribution in [-0.4, -0.2) is 45.4 Å². The molecule has 1 aliphatic rings. The van der Waals surface area contributed by atoms with Crippen LogP contribution >= 0.6 is 0 Å². The third-order valence-corrected chi connectivity index (χ3v) is 3.83. The van der Waals surface area contributed by atoms with Gasteiger partial charge in [-0.25, -0.2) is 4.79 Å². The lowest BCUT2D eigenvalue weighted by Crippen LogP contribution is -2.36. The molecule has 2 rings (SSSR count). The van der Waals surface area contributed by atoms with Gasteiger partial charge >= 0.3 is 6.09 Å². The second-order valence-electron chi connectivity index (χ2n) is 5.13. The number of amides is 1. The summed E-state index contributed by atoms with van der Waals surface area (Å²) in [6.45, 7) is 3.99. The Bertz CT molecular complexity index is 545. The van der Waals surface area contributed by atoms with E-state index in [0.717, 1.165) is 34.6 Å². The van der Waals surface area contributed by atoms with Crippen LogP contribution in [0.25, 0.3) is 0 Å². The van der Waals surface area contributed by atoms with Crippen molar-refractivity contribution in [1.82, 2.24) is 10.2 Å². The van der Waals surface area contributed by atoms with Gasteiger partial charge in [-0.05, 0) is 26.5 Å². The van der Waals surface area contributed by atoms with E-state index in [-0.39, 0.29) is 6.09 Å². The summed E-state index contributed by atoms with van der Waals surface area (Å²) in [6.07, 6.45) is 0.444. The standard InChI is InChI=1S/C16H24N2O4/c1-5-22-16(19)18-7-6-12-13(10-18)14(20-3)8-11(9-17-2)15(12)21-4/h8,17H,5-7,9-10H2,1-4H3. The molecule has 0 saturated heterocycles. The molecule has 6 nitrogen and oxygen atoms in total. The predicted octanol–water partition coefficient (Wildman–Crippen LogP) is 1.94. The molecule has 1 amide bonds. The highest BCUT2D eigenvalue weighted by Crippen LogP contribution is 2.38. The van der Waals surface area contributed by atoms with E-state index >= 15 is 0 Å². The van der Waals surface area contributed by atoms with E-state index in [1.807, 2.05) is 20.0 Å². The summed E-state index contributed by atoms with van der Waals surface area (Å²) < 4.78 is 16.2. The molecular formula is C16H24N2O4. The molecule has 0 bridgehead atoms. The molecule has 1 heterocycles. The van der Waals surface area contributed by atoms with Crippen LogP contribution in [-0.2, 0) is 24.2 Å². The lowest BCUT2D eigenvalue weighted by Gasteiger charge is -2.31. The fourth-order valence-electron chi connectivity index (χ4n) is 2.87. The minimum atomic E-state index is -0.284. The maximum atomic E-state index is 12.0. The highest BCUT2D eigenvalue weighted by atomic mass is 16.6. The van der Waals surface area contributed by atoms with Gasteiger partial charge in [0.2, 0.25) is 0 Å². The van der Waals surface area contributed by atoms with Crippen molar-refractivity contribution in [1.29, 1.82) is 0 Å². The SMILES string of the molecule is CCOC(=O)N1CCc2c(c(OC)cc(CNC)c2OC)C1. The molecule has 1 aromatic carbocycles. The van der Waals surface area contributed by atoms with Crippen LogP contribution in [0.4, 0.5) is 4.79 Å². The Morgan fingerprint density at radius 3 is 2.68 bits per heavy atom. The average Bonchev–Trinajstić information content (AvgIpc) is 2.54. The van der Waals surface area contributed by atoms with Gasteiger partial charge in [0.05, 0.1) is 27.4 Å². The Labute approximate surface area is 131 Å². The molecule has 0 saturated carbocycles. The summed E-state index contributed by atoms with van der Waals surface area (Å²) in [7, 11) is 5.22. The van der Waals surface area contributed by atoms with Crippen molar-refractivity contribution >= 4 is 6.09 Å². The van der Waals surface area contributed by atoms with E-state index in [2.05, 4.69) is 5.32 Å². The zero-order valence-corrected chi connectivity index (χ0v) is 13.7. The number of carbonyl (C=O) groups is 1. The number of methoxy groups -OCH3 is 2. The molecular weight excluding hydrogens is 284 g/mol. The molecule has 0 aromatic heterocycles. The van der Waals surface area contributed by atoms with Gasteiger partial charge in [0.1, 0.15) is 11.5 Å². The first kappa shape index (κ1) is 16.4. The number of rotatable bonds is 5. The summed E-state index contributed by atoms with van der Waals surface area (Å²) in [4.78, 5) is 13.7. The fourth-order valence-corrected chi connectivity index (χ4v) is 2.87. The summed E-state index contributed by atoms with van der Waals surface area (Å²) in [5.74, 6) is 1.67. The minimum absolute atomic E-state index is 0.284. The van der Waals surface area contributed by atoms with Gasteiger partial charge in [-0.15, -0.1) is 0 Å². The highest BCUT2D eigenvalue weighted by Gasteiger charge is 2.28. The summed E-state index contributed by atoms with van der Waals surface area (Å²) >= 11 is 0. The maximum Gasteiger partial charge on any atom is 0.410 e. The molecule has 0 spiro atoms. The number of nitrogens with zero attached hydrogens (tertiary/aromatic N) is 1. The van der Waals surface area contributed by atoms with Crippen molar-refractivity contribution in [3.63, 3.8) is 0 Å². The highest BCUT2D eigenvalue weighted by molar-refractivity contribution is 5.69. The maximum absolute atomic E-state index is 12.0. The number of ether oxygens (including phenoxy) is 3. The molecule has 122 valence electrons. The van der Waals surface area contributed by atoms with Gasteiger partial charge in [-0.3, -0.25) is 0 Å². The Hall–Kier alpha value is -1.95. The number of benzene rings is 1. The Kier molecular flexibility index (Phi) is 5.49. The van der Waals surface area contributed by atoms with Crippen LogP contribution in [0.15, 0.2) is 6.07 Å². The Morgan fingerprint density at radius 1 is 1.32 bits per heavy atom. The first-order valence-corrected chi connectivity index (χ1v) is 7.48. The number of carbonyl (C=O) groups excluding carboxylic acids is 1. The second kappa shape index (κ2) is 7.35. The van der Waals surface area contributed by atoms with Crippen molar-refractivity contribution in [2.75, 3.05) is 34.4 Å². The van der Waals surface area contributed by atoms with Crippen molar-refractivity contribution in [2.24, 2.45) is 0 Å². The monoisotopic (exact) mass is 308 g/mol. The van der Waals surface area contributed by atoms with Crippen molar-refractivity contribution in [3.8, 4) is 11.5 Å². The Balaban J connectivity index is 2.40. The molecule has 0 aliphatic carbocycles. The lowest BCUT2D eigenvalue weighted by molar-refractivity contribution is 0.102. The smallest absolute Gasteiger partial charge is 0.410 e. The molecule has 0 radical (unpaired) electrons. The van der Waals surface area contributed by atoms with E-state index in [9.17, 15) is 4.79 Å². The van der Waals surface area contributed by atoms with Crippen LogP contribution in [0.2, 0.25) is 0 Å². The molecule has 1 aliphatic heterocycles. The van der Waals surface area contributed by atoms with Gasteiger partial charge in [0, 0.05) is 29.8 Å². The molecule has 6 heteroatoms. The van der Waals surface area contributed by atoms with Crippen LogP contribution in [0.1, 0.15) is 23.6 Å². The molecule has 0 fully saturated rings. The quantitative estimate of drug-likeness (QED) is 0.901. The first-order valence-electron chi connectivity index (χ1n) is 7.48. The van der Waals surface area contributed by atoms with Crippen LogP contribution in [0, 0.1) is 0 Å². The molecule has 0 unspecified atom stereocenters. The van der Waals surface area contributed by atoms with Crippen molar-refractivity contribution < 1.29 is 19.0 Å². The van der Waals surface area contributed by atoms with Gasteiger partial charge in [-0.1, -0.05) is 0 Å². The summed E-state index contributed by atoms with van der Waals surface area (Å²) in [5, 5.41) is 3.14. The molecule has 1 N–H and O–H groups in total. The van der Waals surface area contributed by atoms with E-state index in [1.165, 1.54) is 0 Å². The normalized spacial score (nSPS) is 13.5. The van der Waals surface area contributed by atoms with Crippen LogP contribution in [0.3, 0.4) is 0 Å². The van der Waals surface area contributed by atoms with Gasteiger partial charge in [-0.2, -0.15) is 0 Å². The number of hydrogen-bond donors (Lipinski definition) is 1. The van der Waals surface area contributed by atoms with Gasteiger partial charge in [0.15, 0.2) is 0 Å². The van der Waals surface area contributed by atoms with E-state index < -0.39 is 0 Å². The zero-order valence-electron chi connectivity index (χ0n) is 13.7. The second-order valence-corrected chi connectivity index (χ2v) is 5.13. The van der Waals surface area contributed by atoms with Crippen molar-refractivity contribution in [2.45, 2.75) is 26.4 Å². The van der Waals surface area contributed by atoms with E-state index in [4.69, 9.17) is 14.2 Å². The lowest BCUT2D eigenvalue weighted by atomic mass is 9.94. The largest absolute Gasteiger partial charge is 0.496 e. The number of nitrogens with one attached hydrogen (secondary N) is 1. The van der Waals surface area contributed by atoms with E-state index in [0.29, 0.717) is 26.2 Å². The van der Waals surface area contributed by atoms with Crippen molar-refractivity contribution in [3.05, 3.63) is 22.8 Å². The third-order valence-electron chi connectivity index (χ3n) is 3.83. The topological polar surface area (TPSA) is 60.0 Å². The molecule has 22 heavy (non-hydrogen) atoms. The van der Waals surface area contributed by atoms with E-state index in [1.54, 1.807) is 19.1 Å². The van der Waals surface area contributed by atoms with Crippen LogP contribution < -0.4 is 14.8 Å². The average molecular weight is 308 g/mol. The predicted molar refractivity (Wildman–Crippen MR) is 83.4 cm³/mol. The summed E-state index contributed by atoms with van der Waals surface area (Å²) in [6, 6.07) is 1.98. The third kappa shape index (κ3) is 3.11. The Morgan fingerprint density at radius 2 is 2.09 bits per heavy atom. The number of hydrogen-bond acceptors (Lipinski definition) is 5. The molecule has 0 atom stereocenters. The van der Waals surface area contributed by atoms with Gasteiger partial charge < -0.3 is 24.4 Å². The van der Waals surface area contributed by atoms with Crippen LogP contribution in [0.5, 0.6) is 11.5 Å². The molecule has 1 aromatic rings. The first-order chi connectivity index (χ1) is 10.7. The summed E-state index contributed by atoms with van der Waals surface area (Å²) in [5.41, 5.74) is 3.18. The number of fused-ring (bicyclic) bond motifs is 1. The minimum Gasteiger partial charge on any atom is -0.496 e. The fraction of sp³-hybridized carbons (Fsp3) is 0.562. The van der Waals surface area contributed by atoms with Gasteiger partial charge in [0.25, 0.3) is 0 Å². The zero-order chi connectivity index (χ0) is 16.1.